The highest BCUT2D eigenvalue weighted by Crippen LogP contribution is 2.77. The Labute approximate surface area is 223 Å². The monoisotopic (exact) mass is 558 g/mol. The molecular weight excluding hydrogens is 517 g/mol. The van der Waals surface area contributed by atoms with Crippen LogP contribution in [-0.2, 0) is 28.5 Å². The Balaban J connectivity index is 1.36. The molecule has 0 bridgehead atoms. The molecular formula is C28H41F3O6Si. The van der Waals surface area contributed by atoms with Crippen LogP contribution in [0.5, 0.6) is 0 Å². The first-order valence-electron chi connectivity index (χ1n) is 14.3. The van der Waals surface area contributed by atoms with Crippen LogP contribution < -0.4 is 0 Å². The number of ether oxygens (including phenoxy) is 4. The first-order valence-corrected chi connectivity index (χ1v) is 17.8. The number of alkyl halides is 3. The van der Waals surface area contributed by atoms with Gasteiger partial charge in [-0.1, -0.05) is 33.5 Å². The molecule has 214 valence electrons. The van der Waals surface area contributed by atoms with Gasteiger partial charge in [-0.2, -0.15) is 13.2 Å². The quantitative estimate of drug-likeness (QED) is 0.260. The molecule has 6 nitrogen and oxygen atoms in total. The van der Waals surface area contributed by atoms with Crippen molar-refractivity contribution in [3.63, 3.8) is 0 Å². The number of hydrogen-bond acceptors (Lipinski definition) is 6. The van der Waals surface area contributed by atoms with E-state index in [-0.39, 0.29) is 29.5 Å². The lowest BCUT2D eigenvalue weighted by molar-refractivity contribution is -0.250. The summed E-state index contributed by atoms with van der Waals surface area (Å²) in [6.07, 6.45) is 0.377. The molecule has 6 fully saturated rings. The van der Waals surface area contributed by atoms with Gasteiger partial charge in [0.2, 0.25) is 0 Å². The molecule has 0 aromatic carbocycles. The molecule has 11 atom stereocenters. The normalized spacial score (nSPS) is 51.1. The molecule has 0 radical (unpaired) electrons. The second-order valence-corrected chi connectivity index (χ2v) is 19.9. The first kappa shape index (κ1) is 27.1. The molecule has 0 unspecified atom stereocenters. The summed E-state index contributed by atoms with van der Waals surface area (Å²) in [5, 5.41) is -0.889. The van der Waals surface area contributed by atoms with Gasteiger partial charge < -0.3 is 18.9 Å². The number of carbonyl (C=O) groups is 2. The molecule has 4 aliphatic carbocycles. The number of rotatable bonds is 4. The summed E-state index contributed by atoms with van der Waals surface area (Å²) in [5.74, 6) is -1.17. The van der Waals surface area contributed by atoms with E-state index in [9.17, 15) is 22.8 Å². The number of esters is 2. The van der Waals surface area contributed by atoms with Crippen LogP contribution in [0.2, 0.25) is 19.6 Å². The van der Waals surface area contributed by atoms with Crippen molar-refractivity contribution < 1.29 is 41.7 Å². The maximum atomic E-state index is 13.7. The molecule has 4 saturated carbocycles. The Bertz CT molecular complexity index is 1040. The summed E-state index contributed by atoms with van der Waals surface area (Å²) in [6.45, 7) is 12.5. The third-order valence-electron chi connectivity index (χ3n) is 12.1. The number of halogens is 3. The van der Waals surface area contributed by atoms with Gasteiger partial charge in [0, 0.05) is 18.3 Å². The molecule has 0 amide bonds. The van der Waals surface area contributed by atoms with Gasteiger partial charge in [0.1, 0.15) is 17.4 Å². The highest BCUT2D eigenvalue weighted by Gasteiger charge is 2.90. The number of fused-ring (bicyclic) bond motifs is 7. The van der Waals surface area contributed by atoms with Gasteiger partial charge in [-0.25, -0.2) is 4.79 Å². The SMILES string of the molecule is CC(=O)O[C@H]1CC[C@@]2(C)[C@H](CC[C@H]3[C@@H]4[C@@H]5O[C@@H]5[C@@](OC(=O)C(F)(F)F)([C@@]5([Si](C)(C)C)CO5)[C@@]4(C)CC[C@@H]32)C1. The largest absolute Gasteiger partial charge is 0.490 e. The summed E-state index contributed by atoms with van der Waals surface area (Å²) < 4.78 is 64.9. The van der Waals surface area contributed by atoms with E-state index in [2.05, 4.69) is 33.5 Å². The van der Waals surface area contributed by atoms with Crippen molar-refractivity contribution in [1.82, 2.24) is 0 Å². The maximum absolute atomic E-state index is 13.7. The molecule has 10 heteroatoms. The zero-order valence-corrected chi connectivity index (χ0v) is 24.3. The maximum Gasteiger partial charge on any atom is 0.490 e. The second kappa shape index (κ2) is 7.99. The van der Waals surface area contributed by atoms with Gasteiger partial charge in [0.05, 0.1) is 20.8 Å². The molecule has 6 rings (SSSR count). The summed E-state index contributed by atoms with van der Waals surface area (Å²) >= 11 is 0. The van der Waals surface area contributed by atoms with Gasteiger partial charge in [-0.15, -0.1) is 0 Å². The summed E-state index contributed by atoms with van der Waals surface area (Å²) in [7, 11) is -2.27. The predicted molar refractivity (Wildman–Crippen MR) is 134 cm³/mol. The fourth-order valence-corrected chi connectivity index (χ4v) is 12.9. The lowest BCUT2D eigenvalue weighted by atomic mass is 9.44. The third kappa shape index (κ3) is 3.37. The Morgan fingerprint density at radius 2 is 1.71 bits per heavy atom. The van der Waals surface area contributed by atoms with Gasteiger partial charge in [0.25, 0.3) is 0 Å². The van der Waals surface area contributed by atoms with Crippen molar-refractivity contribution in [3.05, 3.63) is 0 Å². The average molecular weight is 559 g/mol. The molecule has 0 spiro atoms. The fourth-order valence-electron chi connectivity index (χ4n) is 10.3. The van der Waals surface area contributed by atoms with E-state index in [4.69, 9.17) is 18.9 Å². The zero-order chi connectivity index (χ0) is 27.7. The Kier molecular flexibility index (Phi) is 5.69. The van der Waals surface area contributed by atoms with E-state index in [1.54, 1.807) is 0 Å². The lowest BCUT2D eigenvalue weighted by Crippen LogP contribution is -2.72. The van der Waals surface area contributed by atoms with Crippen LogP contribution in [0.1, 0.15) is 65.7 Å². The smallest absolute Gasteiger partial charge is 0.463 e. The van der Waals surface area contributed by atoms with Crippen LogP contribution in [0.3, 0.4) is 0 Å². The van der Waals surface area contributed by atoms with Crippen molar-refractivity contribution in [3.8, 4) is 0 Å². The van der Waals surface area contributed by atoms with Crippen LogP contribution in [0.25, 0.3) is 0 Å². The summed E-state index contributed by atoms with van der Waals surface area (Å²) in [5.41, 5.74) is -1.99. The van der Waals surface area contributed by atoms with Gasteiger partial charge in [-0.3, -0.25) is 4.79 Å². The zero-order valence-electron chi connectivity index (χ0n) is 23.3. The van der Waals surface area contributed by atoms with E-state index in [1.165, 1.54) is 6.92 Å². The Morgan fingerprint density at radius 1 is 1.03 bits per heavy atom. The average Bonchev–Trinajstić information content (AvgIpc) is 3.70. The highest BCUT2D eigenvalue weighted by atomic mass is 28.3. The number of carbonyl (C=O) groups excluding carboxylic acids is 2. The summed E-state index contributed by atoms with van der Waals surface area (Å²) in [6, 6.07) is 0. The molecule has 2 saturated heterocycles. The Hall–Kier alpha value is -1.13. The standard InChI is InChI=1S/C28H41F3O6Si/c1-15(32)35-17-9-11-24(2)16(13-17)7-8-18-19(24)10-12-25(3)20(18)21-22(36-21)27(25,37-23(33)28(29,30)31)26(14-34-26)38(4,5)6/h16-22H,7-14H2,1-6H3/t16-,17+,18-,19+,20-,21+,22+,24+,25+,26+,27+/m1/s1. The fraction of sp³-hybridized carbons (Fsp3) is 0.929. The minimum atomic E-state index is -5.08. The van der Waals surface area contributed by atoms with Gasteiger partial charge >= 0.3 is 18.1 Å². The molecule has 6 aliphatic rings. The highest BCUT2D eigenvalue weighted by molar-refractivity contribution is 6.80. The molecule has 38 heavy (non-hydrogen) atoms. The van der Waals surface area contributed by atoms with Gasteiger partial charge in [0.15, 0.2) is 5.60 Å². The van der Waals surface area contributed by atoms with Gasteiger partial charge in [-0.05, 0) is 68.1 Å². The number of epoxide rings is 2. The van der Waals surface area contributed by atoms with Crippen LogP contribution in [0, 0.1) is 34.5 Å². The molecule has 0 aromatic heterocycles. The van der Waals surface area contributed by atoms with Crippen molar-refractivity contribution in [2.24, 2.45) is 34.5 Å². The predicted octanol–water partition coefficient (Wildman–Crippen LogP) is 5.44. The van der Waals surface area contributed by atoms with E-state index in [0.717, 1.165) is 38.5 Å². The van der Waals surface area contributed by atoms with Crippen LogP contribution in [0.15, 0.2) is 0 Å². The molecule has 2 aliphatic heterocycles. The molecule has 2 heterocycles. The molecule has 0 N–H and O–H groups in total. The van der Waals surface area contributed by atoms with Crippen molar-refractivity contribution in [1.29, 1.82) is 0 Å². The van der Waals surface area contributed by atoms with Crippen molar-refractivity contribution in [2.45, 2.75) is 121 Å². The first-order chi connectivity index (χ1) is 17.5. The van der Waals surface area contributed by atoms with E-state index < -0.39 is 42.6 Å². The minimum Gasteiger partial charge on any atom is -0.463 e. The van der Waals surface area contributed by atoms with Crippen molar-refractivity contribution >= 4 is 20.0 Å². The van der Waals surface area contributed by atoms with Crippen LogP contribution >= 0.6 is 0 Å². The summed E-state index contributed by atoms with van der Waals surface area (Å²) in [4.78, 5) is 24.1. The van der Waals surface area contributed by atoms with E-state index in [0.29, 0.717) is 30.8 Å². The molecule has 0 aromatic rings. The third-order valence-corrected chi connectivity index (χ3v) is 15.1. The minimum absolute atomic E-state index is 0.0219. The lowest BCUT2D eigenvalue weighted by Gasteiger charge is -2.63. The van der Waals surface area contributed by atoms with Crippen LogP contribution in [0.4, 0.5) is 13.2 Å². The van der Waals surface area contributed by atoms with E-state index in [1.807, 2.05) is 0 Å². The Morgan fingerprint density at radius 3 is 2.29 bits per heavy atom. The second-order valence-electron chi connectivity index (χ2n) is 14.5. The van der Waals surface area contributed by atoms with Crippen LogP contribution in [-0.4, -0.2) is 61.9 Å². The number of hydrogen-bond donors (Lipinski definition) is 0. The van der Waals surface area contributed by atoms with E-state index >= 15 is 0 Å². The van der Waals surface area contributed by atoms with Crippen molar-refractivity contribution in [2.75, 3.05) is 6.61 Å². The topological polar surface area (TPSA) is 77.7 Å².